The van der Waals surface area contributed by atoms with Crippen LogP contribution in [-0.2, 0) is 4.74 Å². The van der Waals surface area contributed by atoms with E-state index in [0.717, 1.165) is 36.2 Å². The minimum absolute atomic E-state index is 0.0437. The number of ether oxygens (including phenoxy) is 1. The predicted octanol–water partition coefficient (Wildman–Crippen LogP) is 3.17. The highest BCUT2D eigenvalue weighted by molar-refractivity contribution is 5.78. The van der Waals surface area contributed by atoms with E-state index in [1.807, 2.05) is 18.2 Å². The Hall–Kier alpha value is -1.32. The number of aryl methyl sites for hydroxylation is 1. The van der Waals surface area contributed by atoms with Crippen LogP contribution in [0.4, 0.5) is 0 Å². The van der Waals surface area contributed by atoms with Gasteiger partial charge in [0.2, 0.25) is 0 Å². The van der Waals surface area contributed by atoms with Crippen molar-refractivity contribution in [2.45, 2.75) is 25.8 Å². The van der Waals surface area contributed by atoms with Crippen molar-refractivity contribution in [3.8, 4) is 0 Å². The van der Waals surface area contributed by atoms with Crippen molar-refractivity contribution in [1.29, 1.82) is 0 Å². The fourth-order valence-corrected chi connectivity index (χ4v) is 1.96. The highest BCUT2D eigenvalue weighted by Crippen LogP contribution is 2.25. The molecule has 1 heterocycles. The fraction of sp³-hybridized carbons (Fsp3) is 0.429. The molecular formula is C14H19NO2. The Labute approximate surface area is 102 Å². The standard InChI is InChI=1S/C14H19NO2/c1-10-5-6-13-11(8-10)9-14(17-13)12(15)4-3-7-16-2/h5-6,8-9,12H,3-4,7,15H2,1-2H3. The van der Waals surface area contributed by atoms with Crippen LogP contribution >= 0.6 is 0 Å². The first kappa shape index (κ1) is 12.1. The molecule has 1 atom stereocenters. The second-order valence-electron chi connectivity index (χ2n) is 4.43. The van der Waals surface area contributed by atoms with E-state index in [-0.39, 0.29) is 6.04 Å². The molecular weight excluding hydrogens is 214 g/mol. The van der Waals surface area contributed by atoms with E-state index in [4.69, 9.17) is 14.9 Å². The van der Waals surface area contributed by atoms with Crippen molar-refractivity contribution in [1.82, 2.24) is 0 Å². The van der Waals surface area contributed by atoms with Gasteiger partial charge in [-0.15, -0.1) is 0 Å². The molecule has 17 heavy (non-hydrogen) atoms. The summed E-state index contributed by atoms with van der Waals surface area (Å²) in [7, 11) is 1.70. The summed E-state index contributed by atoms with van der Waals surface area (Å²) in [5.74, 6) is 0.863. The zero-order chi connectivity index (χ0) is 12.3. The Morgan fingerprint density at radius 3 is 2.94 bits per heavy atom. The molecule has 0 spiro atoms. The zero-order valence-electron chi connectivity index (χ0n) is 10.4. The number of benzene rings is 1. The van der Waals surface area contributed by atoms with Crippen molar-refractivity contribution in [3.63, 3.8) is 0 Å². The number of nitrogens with two attached hydrogens (primary N) is 1. The molecule has 1 aromatic heterocycles. The maximum atomic E-state index is 6.09. The Kier molecular flexibility index (Phi) is 3.82. The highest BCUT2D eigenvalue weighted by atomic mass is 16.5. The average Bonchev–Trinajstić information content (AvgIpc) is 2.72. The average molecular weight is 233 g/mol. The van der Waals surface area contributed by atoms with Crippen LogP contribution in [0.1, 0.15) is 30.2 Å². The van der Waals surface area contributed by atoms with Crippen molar-refractivity contribution < 1.29 is 9.15 Å². The molecule has 0 saturated heterocycles. The molecule has 2 aromatic rings. The maximum absolute atomic E-state index is 6.09. The van der Waals surface area contributed by atoms with Gasteiger partial charge in [0.05, 0.1) is 6.04 Å². The van der Waals surface area contributed by atoms with Gasteiger partial charge in [0, 0.05) is 19.1 Å². The van der Waals surface area contributed by atoms with Gasteiger partial charge >= 0.3 is 0 Å². The lowest BCUT2D eigenvalue weighted by Gasteiger charge is -2.07. The second kappa shape index (κ2) is 5.34. The van der Waals surface area contributed by atoms with Crippen LogP contribution in [0.2, 0.25) is 0 Å². The van der Waals surface area contributed by atoms with Crippen LogP contribution in [-0.4, -0.2) is 13.7 Å². The third-order valence-corrected chi connectivity index (χ3v) is 2.92. The van der Waals surface area contributed by atoms with Crippen molar-refractivity contribution in [3.05, 3.63) is 35.6 Å². The molecule has 2 N–H and O–H groups in total. The summed E-state index contributed by atoms with van der Waals surface area (Å²) in [6, 6.07) is 8.16. The van der Waals surface area contributed by atoms with E-state index >= 15 is 0 Å². The summed E-state index contributed by atoms with van der Waals surface area (Å²) in [4.78, 5) is 0. The van der Waals surface area contributed by atoms with Gasteiger partial charge in [0.15, 0.2) is 0 Å². The lowest BCUT2D eigenvalue weighted by Crippen LogP contribution is -2.09. The van der Waals surface area contributed by atoms with Crippen molar-refractivity contribution in [2.75, 3.05) is 13.7 Å². The monoisotopic (exact) mass is 233 g/mol. The minimum atomic E-state index is -0.0437. The Morgan fingerprint density at radius 2 is 2.18 bits per heavy atom. The van der Waals surface area contributed by atoms with Gasteiger partial charge in [0.25, 0.3) is 0 Å². The SMILES string of the molecule is COCCCC(N)c1cc2cc(C)ccc2o1. The molecule has 3 nitrogen and oxygen atoms in total. The van der Waals surface area contributed by atoms with E-state index in [9.17, 15) is 0 Å². The first-order valence-electron chi connectivity index (χ1n) is 5.95. The van der Waals surface area contributed by atoms with Crippen LogP contribution in [0.5, 0.6) is 0 Å². The first-order chi connectivity index (χ1) is 8.20. The van der Waals surface area contributed by atoms with Crippen LogP contribution in [0.15, 0.2) is 28.7 Å². The highest BCUT2D eigenvalue weighted by Gasteiger charge is 2.11. The number of methoxy groups -OCH3 is 1. The maximum Gasteiger partial charge on any atom is 0.134 e. The lowest BCUT2D eigenvalue weighted by molar-refractivity contribution is 0.189. The summed E-state index contributed by atoms with van der Waals surface area (Å²) >= 11 is 0. The summed E-state index contributed by atoms with van der Waals surface area (Å²) in [6.07, 6.45) is 1.83. The molecule has 0 aliphatic heterocycles. The lowest BCUT2D eigenvalue weighted by atomic mass is 10.1. The summed E-state index contributed by atoms with van der Waals surface area (Å²) in [5, 5.41) is 1.13. The third-order valence-electron chi connectivity index (χ3n) is 2.92. The van der Waals surface area contributed by atoms with Gasteiger partial charge in [-0.2, -0.15) is 0 Å². The smallest absolute Gasteiger partial charge is 0.134 e. The summed E-state index contributed by atoms with van der Waals surface area (Å²) in [5.41, 5.74) is 8.23. The quantitative estimate of drug-likeness (QED) is 0.807. The van der Waals surface area contributed by atoms with Crippen LogP contribution in [0.3, 0.4) is 0 Å². The number of fused-ring (bicyclic) bond motifs is 1. The van der Waals surface area contributed by atoms with Gasteiger partial charge in [-0.3, -0.25) is 0 Å². The van der Waals surface area contributed by atoms with E-state index in [0.29, 0.717) is 0 Å². The van der Waals surface area contributed by atoms with Gasteiger partial charge in [-0.1, -0.05) is 11.6 Å². The Balaban J connectivity index is 2.12. The minimum Gasteiger partial charge on any atom is -0.459 e. The molecule has 0 saturated carbocycles. The van der Waals surface area contributed by atoms with Crippen molar-refractivity contribution in [2.24, 2.45) is 5.73 Å². The van der Waals surface area contributed by atoms with Gasteiger partial charge < -0.3 is 14.9 Å². The number of hydrogen-bond acceptors (Lipinski definition) is 3. The molecule has 1 unspecified atom stereocenters. The molecule has 92 valence electrons. The van der Waals surface area contributed by atoms with Gasteiger partial charge in [-0.25, -0.2) is 0 Å². The molecule has 3 heteroatoms. The summed E-state index contributed by atoms with van der Waals surface area (Å²) in [6.45, 7) is 2.82. The van der Waals surface area contributed by atoms with Crippen LogP contribution in [0.25, 0.3) is 11.0 Å². The molecule has 0 amide bonds. The van der Waals surface area contributed by atoms with Crippen molar-refractivity contribution >= 4 is 11.0 Å². The normalized spacial score (nSPS) is 13.1. The molecule has 1 aromatic carbocycles. The third kappa shape index (κ3) is 2.87. The first-order valence-corrected chi connectivity index (χ1v) is 5.95. The van der Waals surface area contributed by atoms with Gasteiger partial charge in [-0.05, 0) is 38.0 Å². The summed E-state index contributed by atoms with van der Waals surface area (Å²) < 4.78 is 10.8. The molecule has 0 fully saturated rings. The molecule has 0 radical (unpaired) electrons. The molecule has 0 aliphatic rings. The number of rotatable bonds is 5. The Morgan fingerprint density at radius 1 is 1.35 bits per heavy atom. The topological polar surface area (TPSA) is 48.4 Å². The van der Waals surface area contributed by atoms with E-state index in [1.54, 1.807) is 7.11 Å². The van der Waals surface area contributed by atoms with Crippen LogP contribution < -0.4 is 5.73 Å². The van der Waals surface area contributed by atoms with E-state index in [2.05, 4.69) is 13.0 Å². The fourth-order valence-electron chi connectivity index (χ4n) is 1.96. The molecule has 0 bridgehead atoms. The molecule has 2 rings (SSSR count). The van der Waals surface area contributed by atoms with Gasteiger partial charge in [0.1, 0.15) is 11.3 Å². The number of hydrogen-bond donors (Lipinski definition) is 1. The van der Waals surface area contributed by atoms with E-state index in [1.165, 1.54) is 5.56 Å². The predicted molar refractivity (Wildman–Crippen MR) is 69.0 cm³/mol. The van der Waals surface area contributed by atoms with E-state index < -0.39 is 0 Å². The molecule has 0 aliphatic carbocycles. The zero-order valence-corrected chi connectivity index (χ0v) is 10.4. The number of furan rings is 1. The Bertz CT molecular complexity index is 490. The largest absolute Gasteiger partial charge is 0.459 e. The second-order valence-corrected chi connectivity index (χ2v) is 4.43. The van der Waals surface area contributed by atoms with Crippen LogP contribution in [0, 0.1) is 6.92 Å².